The number of aryl methyl sites for hydroxylation is 1. The van der Waals surface area contributed by atoms with Gasteiger partial charge in [-0.2, -0.15) is 0 Å². The fourth-order valence-corrected chi connectivity index (χ4v) is 3.59. The number of aromatic amines is 1. The Bertz CT molecular complexity index is 879. The van der Waals surface area contributed by atoms with Crippen molar-refractivity contribution in [3.8, 4) is 11.4 Å². The lowest BCUT2D eigenvalue weighted by molar-refractivity contribution is 0.0550. The molecule has 0 radical (unpaired) electrons. The highest BCUT2D eigenvalue weighted by atomic mass is 19.1. The molecule has 2 aromatic rings. The molecule has 4 rings (SSSR count). The zero-order chi connectivity index (χ0) is 18.5. The third kappa shape index (κ3) is 2.71. The molecule has 1 unspecified atom stereocenters. The van der Waals surface area contributed by atoms with Crippen molar-refractivity contribution in [2.75, 3.05) is 26.7 Å². The lowest BCUT2D eigenvalue weighted by atomic mass is 10.0. The number of nitrogens with zero attached hydrogens (tertiary/aromatic N) is 3. The lowest BCUT2D eigenvalue weighted by Crippen LogP contribution is -2.39. The van der Waals surface area contributed by atoms with Crippen molar-refractivity contribution in [2.24, 2.45) is 0 Å². The summed E-state index contributed by atoms with van der Waals surface area (Å²) in [6.07, 6.45) is 0.261. The predicted molar refractivity (Wildman–Crippen MR) is 91.1 cm³/mol. The molecule has 136 valence electrons. The summed E-state index contributed by atoms with van der Waals surface area (Å²) in [5.74, 6) is -0.00634. The number of likely N-dealkylation sites (tertiary alicyclic amines) is 1. The molecule has 2 fully saturated rings. The SMILES string of the molecule is Cc1[nH]c(-c2ccc(F)cc2)nc1C(=O)N1CCC2(CN(C)C(=O)O2)C1. The number of halogens is 1. The van der Waals surface area contributed by atoms with Crippen LogP contribution in [0, 0.1) is 12.7 Å². The van der Waals surface area contributed by atoms with Crippen LogP contribution in [0.3, 0.4) is 0 Å². The van der Waals surface area contributed by atoms with Gasteiger partial charge < -0.3 is 19.5 Å². The van der Waals surface area contributed by atoms with Crippen LogP contribution in [0.2, 0.25) is 0 Å². The zero-order valence-electron chi connectivity index (χ0n) is 14.6. The number of carbonyl (C=O) groups excluding carboxylic acids is 2. The molecular weight excluding hydrogens is 339 g/mol. The van der Waals surface area contributed by atoms with Gasteiger partial charge in [-0.25, -0.2) is 14.2 Å². The number of benzene rings is 1. The van der Waals surface area contributed by atoms with E-state index in [-0.39, 0.29) is 17.8 Å². The third-order valence-corrected chi connectivity index (χ3v) is 4.95. The van der Waals surface area contributed by atoms with E-state index in [2.05, 4.69) is 9.97 Å². The van der Waals surface area contributed by atoms with Crippen molar-refractivity contribution in [2.45, 2.75) is 18.9 Å². The molecule has 1 spiro atoms. The summed E-state index contributed by atoms with van der Waals surface area (Å²) in [6, 6.07) is 5.93. The molecule has 1 atom stereocenters. The molecule has 26 heavy (non-hydrogen) atoms. The van der Waals surface area contributed by atoms with Crippen molar-refractivity contribution in [1.82, 2.24) is 19.8 Å². The van der Waals surface area contributed by atoms with Crippen molar-refractivity contribution < 1.29 is 18.7 Å². The summed E-state index contributed by atoms with van der Waals surface area (Å²) < 4.78 is 18.6. The summed E-state index contributed by atoms with van der Waals surface area (Å²) in [6.45, 7) is 3.14. The van der Waals surface area contributed by atoms with E-state index in [1.165, 1.54) is 17.0 Å². The highest BCUT2D eigenvalue weighted by Crippen LogP contribution is 2.32. The Kier molecular flexibility index (Phi) is 3.71. The number of H-pyrrole nitrogens is 1. The molecule has 2 aliphatic rings. The van der Waals surface area contributed by atoms with E-state index in [0.717, 1.165) is 0 Å². The average Bonchev–Trinajstić information content (AvgIpc) is 3.26. The van der Waals surface area contributed by atoms with Crippen LogP contribution in [-0.2, 0) is 4.74 Å². The monoisotopic (exact) mass is 358 g/mol. The summed E-state index contributed by atoms with van der Waals surface area (Å²) in [5, 5.41) is 0. The normalized spacial score (nSPS) is 22.3. The first-order valence-corrected chi connectivity index (χ1v) is 8.43. The number of likely N-dealkylation sites (N-methyl/N-ethyl adjacent to an activating group) is 1. The van der Waals surface area contributed by atoms with E-state index in [9.17, 15) is 14.0 Å². The molecule has 2 amide bonds. The summed E-state index contributed by atoms with van der Waals surface area (Å²) >= 11 is 0. The standard InChI is InChI=1S/C18H19FN4O3/c1-11-14(21-15(20-11)12-3-5-13(19)6-4-12)16(24)23-8-7-18(10-23)9-22(2)17(25)26-18/h3-6H,7-10H2,1-2H3,(H,20,21). The second-order valence-electron chi connectivity index (χ2n) is 6.95. The second-order valence-corrected chi connectivity index (χ2v) is 6.95. The smallest absolute Gasteiger partial charge is 0.410 e. The Morgan fingerprint density at radius 2 is 2.04 bits per heavy atom. The van der Waals surface area contributed by atoms with E-state index in [4.69, 9.17) is 4.74 Å². The fourth-order valence-electron chi connectivity index (χ4n) is 3.59. The second kappa shape index (κ2) is 5.82. The van der Waals surface area contributed by atoms with Crippen LogP contribution in [0.25, 0.3) is 11.4 Å². The summed E-state index contributed by atoms with van der Waals surface area (Å²) in [5.41, 5.74) is 1.07. The van der Waals surface area contributed by atoms with Crippen molar-refractivity contribution in [1.29, 1.82) is 0 Å². The molecule has 1 N–H and O–H groups in total. The highest BCUT2D eigenvalue weighted by molar-refractivity contribution is 5.94. The van der Waals surface area contributed by atoms with Gasteiger partial charge in [-0.15, -0.1) is 0 Å². The number of ether oxygens (including phenoxy) is 1. The van der Waals surface area contributed by atoms with E-state index >= 15 is 0 Å². The lowest BCUT2D eigenvalue weighted by Gasteiger charge is -2.21. The number of imidazole rings is 1. The van der Waals surface area contributed by atoms with Crippen LogP contribution in [0.1, 0.15) is 22.6 Å². The number of carbonyl (C=O) groups is 2. The minimum atomic E-state index is -0.620. The van der Waals surface area contributed by atoms with Crippen LogP contribution < -0.4 is 0 Å². The van der Waals surface area contributed by atoms with Crippen LogP contribution in [0.4, 0.5) is 9.18 Å². The van der Waals surface area contributed by atoms with Gasteiger partial charge in [0.25, 0.3) is 5.91 Å². The first-order chi connectivity index (χ1) is 12.4. The molecule has 7 nitrogen and oxygen atoms in total. The quantitative estimate of drug-likeness (QED) is 0.893. The maximum absolute atomic E-state index is 13.1. The molecule has 2 aliphatic heterocycles. The van der Waals surface area contributed by atoms with Gasteiger partial charge in [-0.1, -0.05) is 0 Å². The zero-order valence-corrected chi connectivity index (χ0v) is 14.6. The van der Waals surface area contributed by atoms with E-state index in [1.54, 1.807) is 31.0 Å². The van der Waals surface area contributed by atoms with Gasteiger partial charge in [0.2, 0.25) is 0 Å². The van der Waals surface area contributed by atoms with Gasteiger partial charge in [0, 0.05) is 31.3 Å². The first-order valence-electron chi connectivity index (χ1n) is 8.43. The van der Waals surface area contributed by atoms with Gasteiger partial charge >= 0.3 is 6.09 Å². The van der Waals surface area contributed by atoms with Crippen molar-refractivity contribution >= 4 is 12.0 Å². The first kappa shape index (κ1) is 16.6. The molecule has 0 bridgehead atoms. The predicted octanol–water partition coefficient (Wildman–Crippen LogP) is 2.19. The average molecular weight is 358 g/mol. The number of rotatable bonds is 2. The molecule has 0 saturated carbocycles. The topological polar surface area (TPSA) is 78.5 Å². The van der Waals surface area contributed by atoms with Crippen LogP contribution >= 0.6 is 0 Å². The molecule has 3 heterocycles. The van der Waals surface area contributed by atoms with Gasteiger partial charge in [0.15, 0.2) is 5.60 Å². The van der Waals surface area contributed by atoms with Crippen LogP contribution in [0.5, 0.6) is 0 Å². The Labute approximate surface area is 149 Å². The number of hydrogen-bond donors (Lipinski definition) is 1. The van der Waals surface area contributed by atoms with Crippen molar-refractivity contribution in [3.63, 3.8) is 0 Å². The van der Waals surface area contributed by atoms with E-state index in [1.807, 2.05) is 0 Å². The third-order valence-electron chi connectivity index (χ3n) is 4.95. The summed E-state index contributed by atoms with van der Waals surface area (Å²) in [7, 11) is 1.69. The fraction of sp³-hybridized carbons (Fsp3) is 0.389. The van der Waals surface area contributed by atoms with E-state index in [0.29, 0.717) is 48.8 Å². The Balaban J connectivity index is 1.54. The maximum atomic E-state index is 13.1. The van der Waals surface area contributed by atoms with Crippen LogP contribution in [0.15, 0.2) is 24.3 Å². The Hall–Kier alpha value is -2.90. The van der Waals surface area contributed by atoms with Crippen LogP contribution in [-0.4, -0.2) is 64.1 Å². The number of amides is 2. The molecule has 0 aliphatic carbocycles. The molecule has 1 aromatic carbocycles. The molecule has 1 aromatic heterocycles. The van der Waals surface area contributed by atoms with Crippen molar-refractivity contribution in [3.05, 3.63) is 41.5 Å². The minimum Gasteiger partial charge on any atom is -0.439 e. The van der Waals surface area contributed by atoms with Gasteiger partial charge in [-0.05, 0) is 31.2 Å². The minimum absolute atomic E-state index is 0.199. The van der Waals surface area contributed by atoms with Gasteiger partial charge in [0.1, 0.15) is 17.3 Å². The van der Waals surface area contributed by atoms with E-state index < -0.39 is 5.60 Å². The van der Waals surface area contributed by atoms with Gasteiger partial charge in [-0.3, -0.25) is 4.79 Å². The highest BCUT2D eigenvalue weighted by Gasteiger charge is 2.49. The molecule has 8 heteroatoms. The maximum Gasteiger partial charge on any atom is 0.410 e. The Morgan fingerprint density at radius 1 is 1.31 bits per heavy atom. The number of hydrogen-bond acceptors (Lipinski definition) is 4. The largest absolute Gasteiger partial charge is 0.439 e. The number of nitrogens with one attached hydrogen (secondary N) is 1. The summed E-state index contributed by atoms with van der Waals surface area (Å²) in [4.78, 5) is 35.3. The Morgan fingerprint density at radius 3 is 2.69 bits per heavy atom. The molecular formula is C18H19FN4O3. The number of aromatic nitrogens is 2. The molecule has 2 saturated heterocycles. The van der Waals surface area contributed by atoms with Gasteiger partial charge in [0.05, 0.1) is 13.1 Å².